The van der Waals surface area contributed by atoms with Gasteiger partial charge in [0.25, 0.3) is 0 Å². The number of hydrogen-bond donors (Lipinski definition) is 0. The fourth-order valence-electron chi connectivity index (χ4n) is 3.31. The quantitative estimate of drug-likeness (QED) is 0.612. The van der Waals surface area contributed by atoms with Crippen LogP contribution >= 0.6 is 11.6 Å². The Bertz CT molecular complexity index is 1190. The molecule has 2 aromatic carbocycles. The van der Waals surface area contributed by atoms with Crippen molar-refractivity contribution in [2.75, 3.05) is 31.1 Å². The first-order chi connectivity index (χ1) is 14.4. The predicted molar refractivity (Wildman–Crippen MR) is 114 cm³/mol. The van der Waals surface area contributed by atoms with E-state index in [9.17, 15) is 13.7 Å². The molecule has 0 atom stereocenters. The van der Waals surface area contributed by atoms with Gasteiger partial charge in [0, 0.05) is 36.8 Å². The van der Waals surface area contributed by atoms with Gasteiger partial charge in [0.1, 0.15) is 6.07 Å². The molecule has 1 aromatic heterocycles. The van der Waals surface area contributed by atoms with Gasteiger partial charge in [-0.1, -0.05) is 29.3 Å². The van der Waals surface area contributed by atoms with E-state index in [4.69, 9.17) is 16.0 Å². The molecule has 1 aliphatic heterocycles. The molecule has 30 heavy (non-hydrogen) atoms. The van der Waals surface area contributed by atoms with Crippen molar-refractivity contribution in [3.8, 4) is 17.5 Å². The number of hydrogen-bond acceptors (Lipinski definition) is 6. The highest BCUT2D eigenvalue weighted by atomic mass is 35.5. The van der Waals surface area contributed by atoms with E-state index in [1.807, 2.05) is 36.1 Å². The second-order valence-electron chi connectivity index (χ2n) is 7.00. The minimum Gasteiger partial charge on any atom is -0.419 e. The Balaban J connectivity index is 1.52. The number of aryl methyl sites for hydroxylation is 1. The Labute approximate surface area is 180 Å². The average Bonchev–Trinajstić information content (AvgIpc) is 3.19. The van der Waals surface area contributed by atoms with Crippen molar-refractivity contribution in [1.29, 1.82) is 5.26 Å². The zero-order chi connectivity index (χ0) is 21.3. The third-order valence-electron chi connectivity index (χ3n) is 4.99. The predicted octanol–water partition coefficient (Wildman–Crippen LogP) is 3.69. The van der Waals surface area contributed by atoms with E-state index in [0.29, 0.717) is 29.9 Å². The molecule has 4 rings (SSSR count). The number of nitriles is 1. The number of piperazine rings is 1. The van der Waals surface area contributed by atoms with Crippen LogP contribution in [0.25, 0.3) is 11.5 Å². The highest BCUT2D eigenvalue weighted by molar-refractivity contribution is 7.89. The van der Waals surface area contributed by atoms with Gasteiger partial charge in [-0.15, -0.1) is 0 Å². The smallest absolute Gasteiger partial charge is 0.243 e. The number of halogens is 1. The molecule has 1 aliphatic rings. The van der Waals surface area contributed by atoms with Crippen molar-refractivity contribution in [1.82, 2.24) is 9.29 Å². The molecule has 0 aliphatic carbocycles. The topological polar surface area (TPSA) is 90.4 Å². The van der Waals surface area contributed by atoms with Crippen molar-refractivity contribution in [3.05, 3.63) is 64.8 Å². The zero-order valence-electron chi connectivity index (χ0n) is 16.2. The molecular weight excluding hydrogens is 424 g/mol. The fraction of sp³-hybridized carbons (Fsp3) is 0.238. The molecule has 0 bridgehead atoms. The SMILES string of the molecule is Cc1ccc(-c2nc(C#N)c(N3CCN(S(=O)(=O)c4ccc(Cl)cc4)CC3)o2)cc1. The summed E-state index contributed by atoms with van der Waals surface area (Å²) in [7, 11) is -3.61. The fourth-order valence-corrected chi connectivity index (χ4v) is 4.85. The Morgan fingerprint density at radius 3 is 2.27 bits per heavy atom. The Kier molecular flexibility index (Phi) is 5.52. The number of aromatic nitrogens is 1. The van der Waals surface area contributed by atoms with Gasteiger partial charge in [0.2, 0.25) is 27.5 Å². The van der Waals surface area contributed by atoms with E-state index in [2.05, 4.69) is 11.1 Å². The number of benzene rings is 2. The lowest BCUT2D eigenvalue weighted by molar-refractivity contribution is 0.374. The van der Waals surface area contributed by atoms with Crippen LogP contribution in [0.15, 0.2) is 57.8 Å². The average molecular weight is 443 g/mol. The highest BCUT2D eigenvalue weighted by Crippen LogP contribution is 2.30. The van der Waals surface area contributed by atoms with E-state index >= 15 is 0 Å². The van der Waals surface area contributed by atoms with E-state index < -0.39 is 10.0 Å². The summed E-state index contributed by atoms with van der Waals surface area (Å²) < 4.78 is 33.0. The van der Waals surface area contributed by atoms with Crippen LogP contribution < -0.4 is 4.90 Å². The number of nitrogens with zero attached hydrogens (tertiary/aromatic N) is 4. The van der Waals surface area contributed by atoms with Crippen LogP contribution in [0.5, 0.6) is 0 Å². The molecule has 154 valence electrons. The lowest BCUT2D eigenvalue weighted by atomic mass is 10.1. The maximum atomic E-state index is 12.9. The van der Waals surface area contributed by atoms with Gasteiger partial charge in [-0.3, -0.25) is 0 Å². The van der Waals surface area contributed by atoms with Crippen LogP contribution in [0, 0.1) is 18.3 Å². The monoisotopic (exact) mass is 442 g/mol. The van der Waals surface area contributed by atoms with Gasteiger partial charge in [-0.05, 0) is 43.3 Å². The van der Waals surface area contributed by atoms with Crippen molar-refractivity contribution in [2.24, 2.45) is 0 Å². The number of oxazole rings is 1. The van der Waals surface area contributed by atoms with Crippen molar-refractivity contribution >= 4 is 27.5 Å². The van der Waals surface area contributed by atoms with Crippen LogP contribution in [0.4, 0.5) is 5.88 Å². The normalized spacial score (nSPS) is 15.2. The minimum atomic E-state index is -3.61. The van der Waals surface area contributed by atoms with E-state index in [-0.39, 0.29) is 23.7 Å². The van der Waals surface area contributed by atoms with Gasteiger partial charge in [0.15, 0.2) is 0 Å². The maximum Gasteiger partial charge on any atom is 0.243 e. The third kappa shape index (κ3) is 3.92. The molecule has 0 spiro atoms. The molecule has 0 unspecified atom stereocenters. The summed E-state index contributed by atoms with van der Waals surface area (Å²) in [5, 5.41) is 9.97. The largest absolute Gasteiger partial charge is 0.419 e. The highest BCUT2D eigenvalue weighted by Gasteiger charge is 2.31. The van der Waals surface area contributed by atoms with Crippen LogP contribution in [0.1, 0.15) is 11.3 Å². The molecule has 3 aromatic rings. The number of anilines is 1. The van der Waals surface area contributed by atoms with Crippen LogP contribution in [0.2, 0.25) is 5.02 Å². The van der Waals surface area contributed by atoms with E-state index in [1.54, 1.807) is 12.1 Å². The second kappa shape index (κ2) is 8.11. The van der Waals surface area contributed by atoms with Gasteiger partial charge in [-0.2, -0.15) is 14.6 Å². The standard InChI is InChI=1S/C21H19ClN4O3S/c1-15-2-4-16(5-3-15)20-24-19(14-23)21(29-20)25-10-12-26(13-11-25)30(27,28)18-8-6-17(22)7-9-18/h2-9H,10-13H2,1H3. The summed E-state index contributed by atoms with van der Waals surface area (Å²) in [4.78, 5) is 6.38. The molecule has 0 N–H and O–H groups in total. The molecule has 0 saturated carbocycles. The van der Waals surface area contributed by atoms with Gasteiger partial charge < -0.3 is 9.32 Å². The van der Waals surface area contributed by atoms with Gasteiger partial charge in [-0.25, -0.2) is 8.42 Å². The molecule has 0 radical (unpaired) electrons. The lowest BCUT2D eigenvalue weighted by Crippen LogP contribution is -2.48. The van der Waals surface area contributed by atoms with Gasteiger partial charge >= 0.3 is 0 Å². The van der Waals surface area contributed by atoms with Crippen molar-refractivity contribution < 1.29 is 12.8 Å². The minimum absolute atomic E-state index is 0.194. The first kappa shape index (κ1) is 20.4. The van der Waals surface area contributed by atoms with Crippen LogP contribution in [-0.4, -0.2) is 43.9 Å². The first-order valence-electron chi connectivity index (χ1n) is 9.37. The summed E-state index contributed by atoms with van der Waals surface area (Å²) in [6.07, 6.45) is 0. The number of rotatable bonds is 4. The Morgan fingerprint density at radius 1 is 1.03 bits per heavy atom. The van der Waals surface area contributed by atoms with Crippen LogP contribution in [0.3, 0.4) is 0 Å². The molecule has 2 heterocycles. The number of sulfonamides is 1. The third-order valence-corrected chi connectivity index (χ3v) is 7.16. The lowest BCUT2D eigenvalue weighted by Gasteiger charge is -2.33. The van der Waals surface area contributed by atoms with Crippen molar-refractivity contribution in [2.45, 2.75) is 11.8 Å². The molecule has 1 fully saturated rings. The zero-order valence-corrected chi connectivity index (χ0v) is 17.8. The molecule has 1 saturated heterocycles. The maximum absolute atomic E-state index is 12.9. The summed E-state index contributed by atoms with van der Waals surface area (Å²) in [5.74, 6) is 0.745. The summed E-state index contributed by atoms with van der Waals surface area (Å²) in [5.41, 5.74) is 2.09. The molecular formula is C21H19ClN4O3S. The summed E-state index contributed by atoms with van der Waals surface area (Å²) in [6.45, 7) is 3.32. The van der Waals surface area contributed by atoms with Crippen LogP contribution in [-0.2, 0) is 10.0 Å². The molecule has 0 amide bonds. The first-order valence-corrected chi connectivity index (χ1v) is 11.2. The molecule has 7 nitrogen and oxygen atoms in total. The Hall–Kier alpha value is -2.86. The van der Waals surface area contributed by atoms with E-state index in [0.717, 1.165) is 11.1 Å². The summed E-state index contributed by atoms with van der Waals surface area (Å²) >= 11 is 5.86. The Morgan fingerprint density at radius 2 is 1.67 bits per heavy atom. The summed E-state index contributed by atoms with van der Waals surface area (Å²) in [6, 6.07) is 15.9. The van der Waals surface area contributed by atoms with Crippen molar-refractivity contribution in [3.63, 3.8) is 0 Å². The second-order valence-corrected chi connectivity index (χ2v) is 9.37. The molecule has 9 heteroatoms. The van der Waals surface area contributed by atoms with E-state index in [1.165, 1.54) is 16.4 Å². The van der Waals surface area contributed by atoms with Gasteiger partial charge in [0.05, 0.1) is 4.90 Å².